The van der Waals surface area contributed by atoms with Crippen LogP contribution in [0.3, 0.4) is 0 Å². The van der Waals surface area contributed by atoms with Crippen molar-refractivity contribution < 1.29 is 19.4 Å². The first-order valence-electron chi connectivity index (χ1n) is 11.7. The summed E-state index contributed by atoms with van der Waals surface area (Å²) in [5.41, 5.74) is 3.25. The number of nitrogens with zero attached hydrogens (tertiary/aromatic N) is 2. The van der Waals surface area contributed by atoms with Gasteiger partial charge in [0.1, 0.15) is 18.1 Å². The number of likely N-dealkylation sites (tertiary alicyclic amines) is 1. The van der Waals surface area contributed by atoms with Crippen molar-refractivity contribution in [3.05, 3.63) is 82.9 Å². The summed E-state index contributed by atoms with van der Waals surface area (Å²) in [6, 6.07) is 12.4. The number of carbonyl (C=O) groups is 2. The lowest BCUT2D eigenvalue weighted by molar-refractivity contribution is -0.140. The molecule has 0 bridgehead atoms. The molecule has 1 amide bonds. The molecule has 3 rings (SSSR count). The van der Waals surface area contributed by atoms with E-state index in [0.29, 0.717) is 31.0 Å². The predicted molar refractivity (Wildman–Crippen MR) is 135 cm³/mol. The summed E-state index contributed by atoms with van der Waals surface area (Å²) in [5, 5.41) is 11.3. The second kappa shape index (κ2) is 11.2. The van der Waals surface area contributed by atoms with Gasteiger partial charge in [0.25, 0.3) is 11.7 Å². The van der Waals surface area contributed by atoms with E-state index in [2.05, 4.69) is 25.3 Å². The Morgan fingerprint density at radius 1 is 1.12 bits per heavy atom. The number of amides is 1. The lowest BCUT2D eigenvalue weighted by Crippen LogP contribution is -2.38. The highest BCUT2D eigenvalue weighted by Gasteiger charge is 2.46. The van der Waals surface area contributed by atoms with Gasteiger partial charge >= 0.3 is 0 Å². The van der Waals surface area contributed by atoms with Gasteiger partial charge in [-0.05, 0) is 56.3 Å². The SMILES string of the molecule is C=CCOc1ccc(C(O)=C2C(=O)C(=O)N(CCN(CC)CC)[C@@H]2c2ccc(C)cc2)c(C)c1. The Balaban J connectivity index is 2.08. The van der Waals surface area contributed by atoms with E-state index in [4.69, 9.17) is 4.74 Å². The van der Waals surface area contributed by atoms with E-state index in [1.807, 2.05) is 38.1 Å². The Labute approximate surface area is 202 Å². The Hall–Kier alpha value is -3.38. The molecule has 2 aromatic rings. The number of rotatable bonds is 10. The molecule has 0 spiro atoms. The number of likely N-dealkylation sites (N-methyl/N-ethyl adjacent to an activating group) is 1. The molecule has 0 aliphatic carbocycles. The number of Topliss-reactive ketones (excluding diaryl/α,β-unsaturated/α-hetero) is 1. The summed E-state index contributed by atoms with van der Waals surface area (Å²) in [7, 11) is 0. The van der Waals surface area contributed by atoms with E-state index >= 15 is 0 Å². The quantitative estimate of drug-likeness (QED) is 0.241. The van der Waals surface area contributed by atoms with Crippen LogP contribution in [0.1, 0.15) is 42.1 Å². The number of hydrogen-bond acceptors (Lipinski definition) is 5. The highest BCUT2D eigenvalue weighted by atomic mass is 16.5. The fraction of sp³-hybridized carbons (Fsp3) is 0.357. The van der Waals surface area contributed by atoms with Crippen molar-refractivity contribution in [2.75, 3.05) is 32.8 Å². The molecule has 0 saturated carbocycles. The maximum atomic E-state index is 13.2. The predicted octanol–water partition coefficient (Wildman–Crippen LogP) is 4.63. The van der Waals surface area contributed by atoms with Crippen LogP contribution in [0.4, 0.5) is 0 Å². The Morgan fingerprint density at radius 2 is 1.79 bits per heavy atom. The maximum Gasteiger partial charge on any atom is 0.295 e. The van der Waals surface area contributed by atoms with Crippen molar-refractivity contribution >= 4 is 17.4 Å². The van der Waals surface area contributed by atoms with Gasteiger partial charge in [-0.1, -0.05) is 56.3 Å². The third-order valence-electron chi connectivity index (χ3n) is 6.31. The normalized spacial score (nSPS) is 17.4. The molecule has 180 valence electrons. The molecule has 1 aliphatic rings. The van der Waals surface area contributed by atoms with Gasteiger partial charge in [0.05, 0.1) is 11.6 Å². The summed E-state index contributed by atoms with van der Waals surface area (Å²) < 4.78 is 5.58. The molecule has 6 nitrogen and oxygen atoms in total. The molecule has 0 aromatic heterocycles. The Kier molecular flexibility index (Phi) is 8.29. The highest BCUT2D eigenvalue weighted by Crippen LogP contribution is 2.40. The van der Waals surface area contributed by atoms with Crippen molar-refractivity contribution in [1.82, 2.24) is 9.80 Å². The van der Waals surface area contributed by atoms with Crippen LogP contribution < -0.4 is 4.74 Å². The maximum absolute atomic E-state index is 13.2. The van der Waals surface area contributed by atoms with Crippen molar-refractivity contribution in [3.63, 3.8) is 0 Å². The average molecular weight is 463 g/mol. The number of aryl methyl sites for hydroxylation is 2. The average Bonchev–Trinajstić information content (AvgIpc) is 3.08. The van der Waals surface area contributed by atoms with E-state index in [-0.39, 0.29) is 11.3 Å². The molecule has 1 fully saturated rings. The van der Waals surface area contributed by atoms with Crippen molar-refractivity contribution in [1.29, 1.82) is 0 Å². The zero-order valence-corrected chi connectivity index (χ0v) is 20.5. The van der Waals surface area contributed by atoms with E-state index < -0.39 is 17.7 Å². The van der Waals surface area contributed by atoms with Crippen LogP contribution >= 0.6 is 0 Å². The topological polar surface area (TPSA) is 70.1 Å². The van der Waals surface area contributed by atoms with Crippen molar-refractivity contribution in [2.24, 2.45) is 0 Å². The molecule has 0 unspecified atom stereocenters. The fourth-order valence-corrected chi connectivity index (χ4v) is 4.29. The van der Waals surface area contributed by atoms with Crippen molar-refractivity contribution in [3.8, 4) is 5.75 Å². The first-order valence-corrected chi connectivity index (χ1v) is 11.7. The lowest BCUT2D eigenvalue weighted by Gasteiger charge is -2.28. The van der Waals surface area contributed by atoms with E-state index in [1.54, 1.807) is 29.2 Å². The molecule has 1 aliphatic heterocycles. The number of carbonyl (C=O) groups excluding carboxylic acids is 2. The molecule has 1 heterocycles. The summed E-state index contributed by atoms with van der Waals surface area (Å²) in [6.45, 7) is 14.7. The van der Waals surface area contributed by atoms with Crippen LogP contribution in [0.2, 0.25) is 0 Å². The molecular formula is C28H34N2O4. The van der Waals surface area contributed by atoms with E-state index in [0.717, 1.165) is 29.8 Å². The van der Waals surface area contributed by atoms with Gasteiger partial charge in [-0.25, -0.2) is 0 Å². The third-order valence-corrected chi connectivity index (χ3v) is 6.31. The van der Waals surface area contributed by atoms with Gasteiger partial charge in [-0.15, -0.1) is 0 Å². The third kappa shape index (κ3) is 5.23. The largest absolute Gasteiger partial charge is 0.507 e. The van der Waals surface area contributed by atoms with Crippen molar-refractivity contribution in [2.45, 2.75) is 33.7 Å². The standard InChI is InChI=1S/C28H34N2O4/c1-6-17-34-22-13-14-23(20(5)18-22)26(31)24-25(21-11-9-19(4)10-12-21)30(28(33)27(24)32)16-15-29(7-2)8-3/h6,9-14,18,25,31H,1,7-8,15-17H2,2-5H3/t25-/m1/s1. The number of aliphatic hydroxyl groups excluding tert-OH is 1. The Morgan fingerprint density at radius 3 is 2.38 bits per heavy atom. The number of ketones is 1. The number of hydrogen-bond donors (Lipinski definition) is 1. The summed E-state index contributed by atoms with van der Waals surface area (Å²) in [5.74, 6) is -0.761. The molecule has 2 aromatic carbocycles. The van der Waals surface area contributed by atoms with E-state index in [9.17, 15) is 14.7 Å². The van der Waals surface area contributed by atoms with Crippen LogP contribution in [-0.2, 0) is 9.59 Å². The molecule has 6 heteroatoms. The molecule has 1 atom stereocenters. The number of benzene rings is 2. The first-order chi connectivity index (χ1) is 16.3. The van der Waals surface area contributed by atoms with Gasteiger partial charge in [-0.3, -0.25) is 9.59 Å². The zero-order valence-electron chi connectivity index (χ0n) is 20.5. The van der Waals surface area contributed by atoms with Gasteiger partial charge in [0, 0.05) is 18.7 Å². The van der Waals surface area contributed by atoms with Crippen LogP contribution in [0.5, 0.6) is 5.75 Å². The summed E-state index contributed by atoms with van der Waals surface area (Å²) in [6.07, 6.45) is 1.66. The second-order valence-electron chi connectivity index (χ2n) is 8.51. The highest BCUT2D eigenvalue weighted by molar-refractivity contribution is 6.46. The van der Waals surface area contributed by atoms with Crippen LogP contribution in [0.15, 0.2) is 60.7 Å². The van der Waals surface area contributed by atoms with Gasteiger partial charge < -0.3 is 19.6 Å². The first kappa shape index (κ1) is 25.2. The smallest absolute Gasteiger partial charge is 0.295 e. The van der Waals surface area contributed by atoms with Crippen LogP contribution in [-0.4, -0.2) is 59.4 Å². The molecule has 0 radical (unpaired) electrons. The minimum absolute atomic E-state index is 0.122. The van der Waals surface area contributed by atoms with Gasteiger partial charge in [0.2, 0.25) is 0 Å². The second-order valence-corrected chi connectivity index (χ2v) is 8.51. The number of ether oxygens (including phenoxy) is 1. The zero-order chi connectivity index (χ0) is 24.8. The molecule has 1 N–H and O–H groups in total. The molecule has 1 saturated heterocycles. The fourth-order valence-electron chi connectivity index (χ4n) is 4.29. The molecule has 34 heavy (non-hydrogen) atoms. The summed E-state index contributed by atoms with van der Waals surface area (Å²) >= 11 is 0. The minimum Gasteiger partial charge on any atom is -0.507 e. The minimum atomic E-state index is -0.658. The van der Waals surface area contributed by atoms with Gasteiger partial charge in [-0.2, -0.15) is 0 Å². The summed E-state index contributed by atoms with van der Waals surface area (Å²) in [4.78, 5) is 30.2. The van der Waals surface area contributed by atoms with Crippen LogP contribution in [0, 0.1) is 13.8 Å². The van der Waals surface area contributed by atoms with Gasteiger partial charge in [0.15, 0.2) is 0 Å². The lowest BCUT2D eigenvalue weighted by atomic mass is 9.93. The van der Waals surface area contributed by atoms with E-state index in [1.165, 1.54) is 0 Å². The number of aliphatic hydroxyl groups is 1. The monoisotopic (exact) mass is 462 g/mol. The van der Waals surface area contributed by atoms with Crippen LogP contribution in [0.25, 0.3) is 5.76 Å². The molecular weight excluding hydrogens is 428 g/mol. The Bertz CT molecular complexity index is 1080.